The summed E-state index contributed by atoms with van der Waals surface area (Å²) in [7, 11) is 3.16. The number of benzene rings is 3. The second kappa shape index (κ2) is 9.70. The molecule has 7 nitrogen and oxygen atoms in total. The number of nitrogens with zero attached hydrogens (tertiary/aromatic N) is 2. The van der Waals surface area contributed by atoms with Crippen LogP contribution in [0.25, 0.3) is 10.9 Å². The Morgan fingerprint density at radius 2 is 1.59 bits per heavy atom. The Balaban J connectivity index is 1.70. The van der Waals surface area contributed by atoms with Crippen LogP contribution in [0.1, 0.15) is 16.7 Å². The van der Waals surface area contributed by atoms with Gasteiger partial charge in [-0.25, -0.2) is 4.79 Å². The van der Waals surface area contributed by atoms with Crippen molar-refractivity contribution in [2.75, 3.05) is 19.1 Å². The highest BCUT2D eigenvalue weighted by molar-refractivity contribution is 5.89. The van der Waals surface area contributed by atoms with Crippen LogP contribution in [0, 0.1) is 13.8 Å². The summed E-state index contributed by atoms with van der Waals surface area (Å²) in [6.07, 6.45) is 0.660. The smallest absolute Gasteiger partial charge is 0.412 e. The fourth-order valence-electron chi connectivity index (χ4n) is 3.86. The van der Waals surface area contributed by atoms with Crippen molar-refractivity contribution in [2.45, 2.75) is 20.4 Å². The van der Waals surface area contributed by atoms with E-state index in [1.807, 2.05) is 50.2 Å². The molecule has 4 aromatic rings. The molecule has 0 unspecified atom stereocenters. The van der Waals surface area contributed by atoms with Crippen molar-refractivity contribution in [1.82, 2.24) is 4.98 Å². The molecule has 1 heterocycles. The number of amides is 1. The maximum absolute atomic E-state index is 12.1. The highest BCUT2D eigenvalue weighted by Crippen LogP contribution is 2.39. The lowest BCUT2D eigenvalue weighted by molar-refractivity contribution is 0.201. The minimum atomic E-state index is -1.01. The first kappa shape index (κ1) is 22.9. The number of pyridine rings is 1. The van der Waals surface area contributed by atoms with Gasteiger partial charge in [-0.15, -0.1) is 0 Å². The number of ether oxygens (including phenoxy) is 3. The molecule has 7 heteroatoms. The number of hydrogen-bond acceptors (Lipinski definition) is 5. The molecular weight excluding hydrogens is 432 g/mol. The van der Waals surface area contributed by atoms with E-state index in [1.165, 1.54) is 4.90 Å². The van der Waals surface area contributed by atoms with E-state index in [4.69, 9.17) is 14.2 Å². The van der Waals surface area contributed by atoms with Crippen molar-refractivity contribution >= 4 is 22.7 Å². The summed E-state index contributed by atoms with van der Waals surface area (Å²) in [6, 6.07) is 18.5. The van der Waals surface area contributed by atoms with Crippen molar-refractivity contribution in [3.63, 3.8) is 0 Å². The summed E-state index contributed by atoms with van der Waals surface area (Å²) in [4.78, 5) is 17.8. The molecule has 0 radical (unpaired) electrons. The molecule has 0 aliphatic heterocycles. The van der Waals surface area contributed by atoms with E-state index >= 15 is 0 Å². The molecule has 0 atom stereocenters. The van der Waals surface area contributed by atoms with Crippen LogP contribution in [0.4, 0.5) is 10.5 Å². The zero-order valence-corrected chi connectivity index (χ0v) is 19.5. The van der Waals surface area contributed by atoms with E-state index in [2.05, 4.69) is 4.98 Å². The van der Waals surface area contributed by atoms with Gasteiger partial charge in [0.25, 0.3) is 0 Å². The third kappa shape index (κ3) is 4.45. The van der Waals surface area contributed by atoms with Crippen molar-refractivity contribution in [2.24, 2.45) is 0 Å². The van der Waals surface area contributed by atoms with Gasteiger partial charge in [0.2, 0.25) is 0 Å². The molecule has 1 amide bonds. The fourth-order valence-corrected chi connectivity index (χ4v) is 3.86. The Hall–Kier alpha value is -4.26. The van der Waals surface area contributed by atoms with Gasteiger partial charge in [0, 0.05) is 17.6 Å². The first-order valence-corrected chi connectivity index (χ1v) is 10.8. The summed E-state index contributed by atoms with van der Waals surface area (Å²) in [6.45, 7) is 4.08. The Morgan fingerprint density at radius 1 is 0.882 bits per heavy atom. The molecule has 0 fully saturated rings. The Labute approximate surface area is 198 Å². The standard InChI is InChI=1S/C27H26N2O5/c1-17-18(2)23(11-10-22(17)29(27(30)31)16-19-8-6-5-7-9-19)34-24-12-13-28-21-15-26(33-4)25(32-3)14-20(21)24/h5-15H,16H2,1-4H3,(H,30,31). The van der Waals surface area contributed by atoms with Crippen LogP contribution in [-0.4, -0.2) is 30.4 Å². The van der Waals surface area contributed by atoms with Crippen LogP contribution in [-0.2, 0) is 6.54 Å². The van der Waals surface area contributed by atoms with E-state index in [0.717, 1.165) is 22.1 Å². The number of hydrogen-bond donors (Lipinski definition) is 1. The summed E-state index contributed by atoms with van der Waals surface area (Å²) >= 11 is 0. The minimum Gasteiger partial charge on any atom is -0.493 e. The second-order valence-electron chi connectivity index (χ2n) is 7.82. The predicted molar refractivity (Wildman–Crippen MR) is 131 cm³/mol. The van der Waals surface area contributed by atoms with Crippen LogP contribution in [0.15, 0.2) is 66.9 Å². The molecule has 0 aliphatic carbocycles. The molecule has 174 valence electrons. The molecule has 34 heavy (non-hydrogen) atoms. The zero-order chi connectivity index (χ0) is 24.2. The predicted octanol–water partition coefficient (Wildman–Crippen LogP) is 6.35. The van der Waals surface area contributed by atoms with Gasteiger partial charge in [0.05, 0.1) is 32.0 Å². The second-order valence-corrected chi connectivity index (χ2v) is 7.82. The normalized spacial score (nSPS) is 10.7. The topological polar surface area (TPSA) is 81.1 Å². The van der Waals surface area contributed by atoms with Crippen LogP contribution in [0.5, 0.6) is 23.0 Å². The quantitative estimate of drug-likeness (QED) is 0.348. The number of anilines is 1. The van der Waals surface area contributed by atoms with Crippen molar-refractivity contribution in [3.8, 4) is 23.0 Å². The lowest BCUT2D eigenvalue weighted by atomic mass is 10.1. The van der Waals surface area contributed by atoms with Gasteiger partial charge >= 0.3 is 6.09 Å². The molecule has 3 aromatic carbocycles. The minimum absolute atomic E-state index is 0.257. The zero-order valence-electron chi connectivity index (χ0n) is 19.5. The highest BCUT2D eigenvalue weighted by Gasteiger charge is 2.20. The number of rotatable bonds is 7. The van der Waals surface area contributed by atoms with Crippen LogP contribution in [0.2, 0.25) is 0 Å². The molecule has 1 N–H and O–H groups in total. The summed E-state index contributed by atoms with van der Waals surface area (Å²) in [5, 5.41) is 10.7. The summed E-state index contributed by atoms with van der Waals surface area (Å²) in [5.74, 6) is 2.41. The van der Waals surface area contributed by atoms with E-state index in [-0.39, 0.29) is 6.54 Å². The molecule has 0 saturated heterocycles. The Kier molecular flexibility index (Phi) is 6.54. The van der Waals surface area contributed by atoms with Crippen LogP contribution < -0.4 is 19.1 Å². The van der Waals surface area contributed by atoms with Crippen molar-refractivity contribution in [1.29, 1.82) is 0 Å². The highest BCUT2D eigenvalue weighted by atomic mass is 16.5. The maximum Gasteiger partial charge on any atom is 0.412 e. The average molecular weight is 459 g/mol. The third-order valence-electron chi connectivity index (χ3n) is 5.84. The lowest BCUT2D eigenvalue weighted by Gasteiger charge is -2.23. The van der Waals surface area contributed by atoms with Crippen LogP contribution in [0.3, 0.4) is 0 Å². The SMILES string of the molecule is COc1cc2nccc(Oc3ccc(N(Cc4ccccc4)C(=O)O)c(C)c3C)c2cc1OC. The number of carboxylic acid groups (broad SMARTS) is 1. The van der Waals surface area contributed by atoms with Gasteiger partial charge in [-0.05, 0) is 54.8 Å². The average Bonchev–Trinajstić information content (AvgIpc) is 2.85. The van der Waals surface area contributed by atoms with E-state index < -0.39 is 6.09 Å². The molecule has 0 bridgehead atoms. The monoisotopic (exact) mass is 458 g/mol. The van der Waals surface area contributed by atoms with Gasteiger partial charge in [-0.1, -0.05) is 30.3 Å². The van der Waals surface area contributed by atoms with Gasteiger partial charge in [0.1, 0.15) is 11.5 Å². The largest absolute Gasteiger partial charge is 0.493 e. The number of carbonyl (C=O) groups is 1. The van der Waals surface area contributed by atoms with Gasteiger partial charge in [0.15, 0.2) is 11.5 Å². The summed E-state index contributed by atoms with van der Waals surface area (Å²) < 4.78 is 17.1. The Morgan fingerprint density at radius 3 is 2.26 bits per heavy atom. The third-order valence-corrected chi connectivity index (χ3v) is 5.84. The van der Waals surface area contributed by atoms with E-state index in [1.54, 1.807) is 44.7 Å². The lowest BCUT2D eigenvalue weighted by Crippen LogP contribution is -2.29. The first-order valence-electron chi connectivity index (χ1n) is 10.8. The molecular formula is C27H26N2O5. The van der Waals surface area contributed by atoms with Crippen LogP contribution >= 0.6 is 0 Å². The first-order chi connectivity index (χ1) is 16.4. The molecule has 0 aliphatic rings. The van der Waals surface area contributed by atoms with Crippen molar-refractivity contribution in [3.05, 3.63) is 83.6 Å². The number of aromatic nitrogens is 1. The molecule has 0 spiro atoms. The number of methoxy groups -OCH3 is 2. The molecule has 1 aromatic heterocycles. The van der Waals surface area contributed by atoms with Gasteiger partial charge in [-0.2, -0.15) is 0 Å². The fraction of sp³-hybridized carbons (Fsp3) is 0.185. The van der Waals surface area contributed by atoms with E-state index in [9.17, 15) is 9.90 Å². The summed E-state index contributed by atoms with van der Waals surface area (Å²) in [5.41, 5.74) is 3.92. The van der Waals surface area contributed by atoms with Gasteiger partial charge < -0.3 is 19.3 Å². The van der Waals surface area contributed by atoms with E-state index in [0.29, 0.717) is 34.2 Å². The number of fused-ring (bicyclic) bond motifs is 1. The maximum atomic E-state index is 12.1. The van der Waals surface area contributed by atoms with Gasteiger partial charge in [-0.3, -0.25) is 9.88 Å². The van der Waals surface area contributed by atoms with Crippen molar-refractivity contribution < 1.29 is 24.1 Å². The molecule has 4 rings (SSSR count). The Bertz CT molecular complexity index is 1340. The molecule has 0 saturated carbocycles.